The van der Waals surface area contributed by atoms with Gasteiger partial charge in [-0.25, -0.2) is 0 Å². The summed E-state index contributed by atoms with van der Waals surface area (Å²) in [5.74, 6) is 0.733. The lowest BCUT2D eigenvalue weighted by Crippen LogP contribution is -2.19. The van der Waals surface area contributed by atoms with Crippen LogP contribution in [0, 0.1) is 0 Å². The number of benzene rings is 1. The number of aromatic nitrogens is 5. The van der Waals surface area contributed by atoms with E-state index in [1.807, 2.05) is 6.92 Å². The topological polar surface area (TPSA) is 77.2 Å². The van der Waals surface area contributed by atoms with Crippen LogP contribution >= 0.6 is 0 Å². The van der Waals surface area contributed by atoms with Crippen LogP contribution in [0.15, 0.2) is 36.4 Å². The lowest BCUT2D eigenvalue weighted by molar-refractivity contribution is -0.153. The first-order valence-electron chi connectivity index (χ1n) is 7.02. The number of anilines is 1. The number of hydrogen-bond donors (Lipinski definition) is 1. The molecular weight excluding hydrogens is 325 g/mol. The molecule has 0 saturated carbocycles. The SMILES string of the molecule is CC(Nc1ccc2nnnn2n1)c1ccc(OCC(F)(F)F)cc1. The molecule has 0 fully saturated rings. The molecular formula is C14H13F3N6O. The minimum Gasteiger partial charge on any atom is -0.484 e. The van der Waals surface area contributed by atoms with Gasteiger partial charge in [0.15, 0.2) is 12.3 Å². The van der Waals surface area contributed by atoms with E-state index in [-0.39, 0.29) is 11.8 Å². The van der Waals surface area contributed by atoms with Crippen LogP contribution in [-0.4, -0.2) is 38.0 Å². The molecule has 2 aromatic heterocycles. The third-order valence-electron chi connectivity index (χ3n) is 3.22. The second kappa shape index (κ2) is 6.30. The van der Waals surface area contributed by atoms with E-state index in [2.05, 4.69) is 30.7 Å². The Morgan fingerprint density at radius 2 is 1.92 bits per heavy atom. The molecule has 24 heavy (non-hydrogen) atoms. The van der Waals surface area contributed by atoms with Gasteiger partial charge in [-0.3, -0.25) is 0 Å². The maximum Gasteiger partial charge on any atom is 0.422 e. The van der Waals surface area contributed by atoms with Crippen LogP contribution in [0.2, 0.25) is 0 Å². The molecule has 3 rings (SSSR count). The molecule has 126 valence electrons. The molecule has 0 radical (unpaired) electrons. The van der Waals surface area contributed by atoms with E-state index in [9.17, 15) is 13.2 Å². The molecule has 1 aromatic carbocycles. The lowest BCUT2D eigenvalue weighted by Gasteiger charge is -2.15. The van der Waals surface area contributed by atoms with Crippen molar-refractivity contribution in [1.82, 2.24) is 25.3 Å². The van der Waals surface area contributed by atoms with Crippen molar-refractivity contribution >= 4 is 11.5 Å². The molecule has 0 spiro atoms. The summed E-state index contributed by atoms with van der Waals surface area (Å²) < 4.78 is 42.3. The van der Waals surface area contributed by atoms with E-state index >= 15 is 0 Å². The summed E-state index contributed by atoms with van der Waals surface area (Å²) in [6.07, 6.45) is -4.35. The molecule has 1 unspecified atom stereocenters. The second-order valence-electron chi connectivity index (χ2n) is 5.08. The van der Waals surface area contributed by atoms with Gasteiger partial charge >= 0.3 is 6.18 Å². The summed E-state index contributed by atoms with van der Waals surface area (Å²) in [4.78, 5) is 0. The third kappa shape index (κ3) is 3.89. The monoisotopic (exact) mass is 338 g/mol. The van der Waals surface area contributed by atoms with Crippen LogP contribution < -0.4 is 10.1 Å². The molecule has 3 aromatic rings. The van der Waals surface area contributed by atoms with Crippen LogP contribution in [0.4, 0.5) is 19.0 Å². The highest BCUT2D eigenvalue weighted by molar-refractivity contribution is 5.44. The van der Waals surface area contributed by atoms with Gasteiger partial charge in [-0.15, -0.1) is 14.8 Å². The first-order chi connectivity index (χ1) is 11.4. The standard InChI is InChI=1S/C14H13F3N6O/c1-9(18-12-6-7-13-19-21-22-23(13)20-12)10-2-4-11(5-3-10)24-8-14(15,16)17/h2-7,9H,8H2,1H3,(H,18,20). The molecule has 7 nitrogen and oxygen atoms in total. The zero-order chi connectivity index (χ0) is 17.2. The molecule has 1 N–H and O–H groups in total. The van der Waals surface area contributed by atoms with Gasteiger partial charge in [0.25, 0.3) is 0 Å². The third-order valence-corrected chi connectivity index (χ3v) is 3.22. The summed E-state index contributed by atoms with van der Waals surface area (Å²) in [6, 6.07) is 9.72. The Hall–Kier alpha value is -2.91. The number of alkyl halides is 3. The van der Waals surface area contributed by atoms with Crippen LogP contribution in [-0.2, 0) is 0 Å². The molecule has 1 atom stereocenters. The number of ether oxygens (including phenoxy) is 1. The quantitative estimate of drug-likeness (QED) is 0.771. The Kier molecular flexibility index (Phi) is 4.19. The van der Waals surface area contributed by atoms with Crippen LogP contribution in [0.3, 0.4) is 0 Å². The van der Waals surface area contributed by atoms with Gasteiger partial charge in [-0.2, -0.15) is 13.2 Å². The van der Waals surface area contributed by atoms with E-state index in [0.717, 1.165) is 5.56 Å². The summed E-state index contributed by atoms with van der Waals surface area (Å²) in [5.41, 5.74) is 1.40. The largest absolute Gasteiger partial charge is 0.484 e. The Morgan fingerprint density at radius 3 is 2.62 bits per heavy atom. The van der Waals surface area contributed by atoms with Gasteiger partial charge in [0.05, 0.1) is 6.04 Å². The van der Waals surface area contributed by atoms with Crippen LogP contribution in [0.25, 0.3) is 5.65 Å². The summed E-state index contributed by atoms with van der Waals surface area (Å²) in [6.45, 7) is 0.590. The van der Waals surface area contributed by atoms with Gasteiger partial charge < -0.3 is 10.1 Å². The van der Waals surface area contributed by atoms with Crippen molar-refractivity contribution in [3.8, 4) is 5.75 Å². The molecule has 0 saturated heterocycles. The maximum atomic E-state index is 12.1. The first kappa shape index (κ1) is 16.0. The summed E-state index contributed by atoms with van der Waals surface area (Å²) >= 11 is 0. The Morgan fingerprint density at radius 1 is 1.17 bits per heavy atom. The molecule has 0 amide bonds. The number of tetrazole rings is 1. The molecule has 0 aliphatic heterocycles. The Balaban J connectivity index is 1.65. The van der Waals surface area contributed by atoms with E-state index in [4.69, 9.17) is 0 Å². The van der Waals surface area contributed by atoms with Crippen molar-refractivity contribution in [3.05, 3.63) is 42.0 Å². The number of nitrogens with zero attached hydrogens (tertiary/aromatic N) is 5. The zero-order valence-electron chi connectivity index (χ0n) is 12.5. The van der Waals surface area contributed by atoms with Crippen molar-refractivity contribution in [1.29, 1.82) is 0 Å². The molecule has 0 aliphatic carbocycles. The van der Waals surface area contributed by atoms with Gasteiger partial charge in [-0.1, -0.05) is 12.1 Å². The fourth-order valence-corrected chi connectivity index (χ4v) is 2.05. The minimum absolute atomic E-state index is 0.122. The van der Waals surface area contributed by atoms with Crippen molar-refractivity contribution < 1.29 is 17.9 Å². The lowest BCUT2D eigenvalue weighted by atomic mass is 10.1. The number of halogens is 3. The Labute approximate surface area is 134 Å². The van der Waals surface area contributed by atoms with Gasteiger partial charge in [0.2, 0.25) is 0 Å². The second-order valence-corrected chi connectivity index (χ2v) is 5.08. The van der Waals surface area contributed by atoms with E-state index in [0.29, 0.717) is 11.5 Å². The van der Waals surface area contributed by atoms with E-state index in [1.54, 1.807) is 24.3 Å². The molecule has 2 heterocycles. The smallest absolute Gasteiger partial charge is 0.422 e. The van der Waals surface area contributed by atoms with Crippen molar-refractivity contribution in [2.24, 2.45) is 0 Å². The number of hydrogen-bond acceptors (Lipinski definition) is 6. The van der Waals surface area contributed by atoms with Crippen LogP contribution in [0.5, 0.6) is 5.75 Å². The zero-order valence-corrected chi connectivity index (χ0v) is 12.5. The van der Waals surface area contributed by atoms with Crippen molar-refractivity contribution in [3.63, 3.8) is 0 Å². The molecule has 0 bridgehead atoms. The predicted octanol–water partition coefficient (Wildman–Crippen LogP) is 2.63. The molecule has 0 aliphatic rings. The fraction of sp³-hybridized carbons (Fsp3) is 0.286. The molecule has 10 heteroatoms. The highest BCUT2D eigenvalue weighted by Crippen LogP contribution is 2.22. The van der Waals surface area contributed by atoms with Gasteiger partial charge in [-0.05, 0) is 47.2 Å². The van der Waals surface area contributed by atoms with E-state index < -0.39 is 12.8 Å². The summed E-state index contributed by atoms with van der Waals surface area (Å²) in [5, 5.41) is 18.3. The highest BCUT2D eigenvalue weighted by Gasteiger charge is 2.28. The number of fused-ring (bicyclic) bond motifs is 1. The van der Waals surface area contributed by atoms with E-state index in [1.165, 1.54) is 16.8 Å². The average molecular weight is 338 g/mol. The average Bonchev–Trinajstić information content (AvgIpc) is 3.00. The van der Waals surface area contributed by atoms with Gasteiger partial charge in [0, 0.05) is 0 Å². The minimum atomic E-state index is -4.35. The van der Waals surface area contributed by atoms with Crippen molar-refractivity contribution in [2.75, 3.05) is 11.9 Å². The first-order valence-corrected chi connectivity index (χ1v) is 7.02. The number of nitrogens with one attached hydrogen (secondary N) is 1. The number of rotatable bonds is 5. The fourth-order valence-electron chi connectivity index (χ4n) is 2.05. The normalized spacial score (nSPS) is 13.0. The van der Waals surface area contributed by atoms with Gasteiger partial charge in [0.1, 0.15) is 11.6 Å². The summed E-state index contributed by atoms with van der Waals surface area (Å²) in [7, 11) is 0. The predicted molar refractivity (Wildman–Crippen MR) is 78.6 cm³/mol. The van der Waals surface area contributed by atoms with Crippen LogP contribution in [0.1, 0.15) is 18.5 Å². The van der Waals surface area contributed by atoms with Crippen molar-refractivity contribution in [2.45, 2.75) is 19.1 Å². The Bertz CT molecular complexity index is 817. The highest BCUT2D eigenvalue weighted by atomic mass is 19.4. The maximum absolute atomic E-state index is 12.1.